The maximum atomic E-state index is 12.6. The molecule has 3 aromatic carbocycles. The first-order valence-electron chi connectivity index (χ1n) is 9.20. The standard InChI is InChI=1S/C22H16ClN3O4/c1-2-13-3-5-14(6-4-13)22-25-19-11-15(7-10-20(19)30-22)24-21(27)17-12-16(26(28)29)8-9-18(17)23/h3-12H,2H2,1H3,(H,24,27). The van der Waals surface area contributed by atoms with Crippen LogP contribution in [0.25, 0.3) is 22.6 Å². The van der Waals surface area contributed by atoms with Gasteiger partial charge in [-0.25, -0.2) is 4.98 Å². The normalized spacial score (nSPS) is 10.9. The lowest BCUT2D eigenvalue weighted by Gasteiger charge is -2.06. The molecule has 30 heavy (non-hydrogen) atoms. The fourth-order valence-corrected chi connectivity index (χ4v) is 3.21. The number of fused-ring (bicyclic) bond motifs is 1. The Balaban J connectivity index is 1.60. The monoisotopic (exact) mass is 421 g/mol. The number of nitro groups is 1. The van der Waals surface area contributed by atoms with Crippen LogP contribution < -0.4 is 5.32 Å². The van der Waals surface area contributed by atoms with Crippen LogP contribution in [0.4, 0.5) is 11.4 Å². The maximum Gasteiger partial charge on any atom is 0.270 e. The molecule has 1 N–H and O–H groups in total. The molecule has 0 unspecified atom stereocenters. The van der Waals surface area contributed by atoms with Crippen molar-refractivity contribution in [2.75, 3.05) is 5.32 Å². The van der Waals surface area contributed by atoms with E-state index in [0.717, 1.165) is 18.1 Å². The summed E-state index contributed by atoms with van der Waals surface area (Å²) in [5.41, 5.74) is 3.51. The lowest BCUT2D eigenvalue weighted by atomic mass is 10.1. The Morgan fingerprint density at radius 2 is 1.90 bits per heavy atom. The maximum absolute atomic E-state index is 12.6. The number of rotatable bonds is 5. The first-order valence-corrected chi connectivity index (χ1v) is 9.57. The highest BCUT2D eigenvalue weighted by Gasteiger charge is 2.17. The molecule has 0 bridgehead atoms. The third kappa shape index (κ3) is 3.88. The number of halogens is 1. The Bertz CT molecular complexity index is 1270. The van der Waals surface area contributed by atoms with Crippen LogP contribution in [0.5, 0.6) is 0 Å². The van der Waals surface area contributed by atoms with Crippen LogP contribution in [0.15, 0.2) is 65.1 Å². The summed E-state index contributed by atoms with van der Waals surface area (Å²) in [7, 11) is 0. The second-order valence-corrected chi connectivity index (χ2v) is 7.03. The van der Waals surface area contributed by atoms with E-state index in [-0.39, 0.29) is 16.3 Å². The molecule has 4 rings (SSSR count). The smallest absolute Gasteiger partial charge is 0.270 e. The molecule has 0 aliphatic carbocycles. The lowest BCUT2D eigenvalue weighted by molar-refractivity contribution is -0.384. The van der Waals surface area contributed by atoms with Crippen LogP contribution in [-0.4, -0.2) is 15.8 Å². The van der Waals surface area contributed by atoms with Gasteiger partial charge in [0.05, 0.1) is 15.5 Å². The Kier molecular flexibility index (Phi) is 5.20. The van der Waals surface area contributed by atoms with Gasteiger partial charge in [-0.2, -0.15) is 0 Å². The number of aromatic nitrogens is 1. The van der Waals surface area contributed by atoms with Crippen molar-refractivity contribution in [1.82, 2.24) is 4.98 Å². The number of nitrogens with zero attached hydrogens (tertiary/aromatic N) is 2. The third-order valence-corrected chi connectivity index (χ3v) is 4.99. The van der Waals surface area contributed by atoms with Gasteiger partial charge in [0.1, 0.15) is 5.52 Å². The molecule has 7 nitrogen and oxygen atoms in total. The molecule has 8 heteroatoms. The van der Waals surface area contributed by atoms with Gasteiger partial charge in [0.25, 0.3) is 11.6 Å². The van der Waals surface area contributed by atoms with Crippen LogP contribution in [0.3, 0.4) is 0 Å². The number of oxazole rings is 1. The van der Waals surface area contributed by atoms with Crippen LogP contribution in [0.2, 0.25) is 5.02 Å². The van der Waals surface area contributed by atoms with E-state index in [1.54, 1.807) is 18.2 Å². The minimum Gasteiger partial charge on any atom is -0.436 e. The zero-order valence-electron chi connectivity index (χ0n) is 15.9. The Morgan fingerprint density at radius 3 is 2.60 bits per heavy atom. The number of non-ortho nitro benzene ring substituents is 1. The second kappa shape index (κ2) is 7.96. The fourth-order valence-electron chi connectivity index (χ4n) is 3.01. The average molecular weight is 422 g/mol. The average Bonchev–Trinajstić information content (AvgIpc) is 3.17. The molecule has 4 aromatic rings. The molecule has 0 spiro atoms. The molecule has 0 saturated carbocycles. The number of hydrogen-bond acceptors (Lipinski definition) is 5. The number of anilines is 1. The molecule has 150 valence electrons. The number of carbonyl (C=O) groups is 1. The van der Waals surface area contributed by atoms with E-state index in [1.165, 1.54) is 17.7 Å². The first kappa shape index (κ1) is 19.6. The fraction of sp³-hybridized carbons (Fsp3) is 0.0909. The predicted molar refractivity (Wildman–Crippen MR) is 115 cm³/mol. The molecule has 0 aliphatic heterocycles. The molecule has 0 aliphatic rings. The minimum absolute atomic E-state index is 0.0165. The molecular formula is C22H16ClN3O4. The highest BCUT2D eigenvalue weighted by molar-refractivity contribution is 6.34. The van der Waals surface area contributed by atoms with Crippen LogP contribution in [0.1, 0.15) is 22.8 Å². The van der Waals surface area contributed by atoms with Crippen molar-refractivity contribution in [1.29, 1.82) is 0 Å². The van der Waals surface area contributed by atoms with Gasteiger partial charge in [0.15, 0.2) is 5.58 Å². The topological polar surface area (TPSA) is 98.3 Å². The van der Waals surface area contributed by atoms with Crippen molar-refractivity contribution in [2.24, 2.45) is 0 Å². The van der Waals surface area contributed by atoms with Crippen molar-refractivity contribution >= 4 is 40.0 Å². The SMILES string of the molecule is CCc1ccc(-c2nc3cc(NC(=O)c4cc([N+](=O)[O-])ccc4Cl)ccc3o2)cc1. The van der Waals surface area contributed by atoms with Crippen LogP contribution in [-0.2, 0) is 6.42 Å². The van der Waals surface area contributed by atoms with Gasteiger partial charge in [-0.3, -0.25) is 14.9 Å². The van der Waals surface area contributed by atoms with Crippen molar-refractivity contribution < 1.29 is 14.1 Å². The predicted octanol–water partition coefficient (Wildman–Crippen LogP) is 5.87. The Hall–Kier alpha value is -3.71. The lowest BCUT2D eigenvalue weighted by Crippen LogP contribution is -2.12. The quantitative estimate of drug-likeness (QED) is 0.321. The van der Waals surface area contributed by atoms with Crippen LogP contribution >= 0.6 is 11.6 Å². The Morgan fingerprint density at radius 1 is 1.13 bits per heavy atom. The van der Waals surface area contributed by atoms with E-state index < -0.39 is 10.8 Å². The number of amides is 1. The summed E-state index contributed by atoms with van der Waals surface area (Å²) in [5.74, 6) is -0.0696. The third-order valence-electron chi connectivity index (χ3n) is 4.66. The van der Waals surface area contributed by atoms with Gasteiger partial charge in [-0.1, -0.05) is 30.7 Å². The highest BCUT2D eigenvalue weighted by Crippen LogP contribution is 2.28. The van der Waals surface area contributed by atoms with E-state index in [4.69, 9.17) is 16.0 Å². The van der Waals surface area contributed by atoms with E-state index in [9.17, 15) is 14.9 Å². The van der Waals surface area contributed by atoms with E-state index in [1.807, 2.05) is 24.3 Å². The van der Waals surface area contributed by atoms with Crippen molar-refractivity contribution in [3.05, 3.63) is 86.9 Å². The minimum atomic E-state index is -0.580. The summed E-state index contributed by atoms with van der Waals surface area (Å²) in [5, 5.41) is 13.8. The summed E-state index contributed by atoms with van der Waals surface area (Å²) in [6.45, 7) is 2.09. The summed E-state index contributed by atoms with van der Waals surface area (Å²) >= 11 is 6.04. The van der Waals surface area contributed by atoms with Crippen molar-refractivity contribution in [3.63, 3.8) is 0 Å². The highest BCUT2D eigenvalue weighted by atomic mass is 35.5. The first-order chi connectivity index (χ1) is 14.4. The number of nitro benzene ring substituents is 1. The van der Waals surface area contributed by atoms with Crippen LogP contribution in [0, 0.1) is 10.1 Å². The zero-order valence-corrected chi connectivity index (χ0v) is 16.6. The van der Waals surface area contributed by atoms with E-state index >= 15 is 0 Å². The Labute approximate surface area is 176 Å². The molecule has 0 radical (unpaired) electrons. The molecule has 1 amide bonds. The van der Waals surface area contributed by atoms with Gasteiger partial charge in [-0.15, -0.1) is 0 Å². The zero-order chi connectivity index (χ0) is 21.3. The summed E-state index contributed by atoms with van der Waals surface area (Å²) < 4.78 is 5.81. The molecule has 0 atom stereocenters. The number of nitrogens with one attached hydrogen (secondary N) is 1. The van der Waals surface area contributed by atoms with Crippen molar-refractivity contribution in [2.45, 2.75) is 13.3 Å². The second-order valence-electron chi connectivity index (χ2n) is 6.63. The number of aryl methyl sites for hydroxylation is 1. The summed E-state index contributed by atoms with van der Waals surface area (Å²) in [4.78, 5) is 27.5. The molecule has 0 fully saturated rings. The number of hydrogen-bond donors (Lipinski definition) is 1. The van der Waals surface area contributed by atoms with Gasteiger partial charge < -0.3 is 9.73 Å². The van der Waals surface area contributed by atoms with E-state index in [2.05, 4.69) is 17.2 Å². The van der Waals surface area contributed by atoms with E-state index in [0.29, 0.717) is 22.7 Å². The molecular weight excluding hydrogens is 406 g/mol. The number of benzene rings is 3. The number of carbonyl (C=O) groups excluding carboxylic acids is 1. The van der Waals surface area contributed by atoms with Gasteiger partial charge in [0.2, 0.25) is 5.89 Å². The van der Waals surface area contributed by atoms with Gasteiger partial charge in [0, 0.05) is 23.4 Å². The van der Waals surface area contributed by atoms with Gasteiger partial charge in [-0.05, 0) is 48.4 Å². The summed E-state index contributed by atoms with van der Waals surface area (Å²) in [6.07, 6.45) is 0.950. The van der Waals surface area contributed by atoms with Crippen molar-refractivity contribution in [3.8, 4) is 11.5 Å². The molecule has 1 aromatic heterocycles. The molecule has 1 heterocycles. The largest absolute Gasteiger partial charge is 0.436 e. The van der Waals surface area contributed by atoms with Gasteiger partial charge >= 0.3 is 0 Å². The summed E-state index contributed by atoms with van der Waals surface area (Å²) in [6, 6.07) is 16.7. The molecule has 0 saturated heterocycles.